The molecule has 20 heavy (non-hydrogen) atoms. The van der Waals surface area contributed by atoms with Gasteiger partial charge in [0, 0.05) is 19.7 Å². The molecule has 0 radical (unpaired) electrons. The lowest BCUT2D eigenvalue weighted by Gasteiger charge is -2.31. The van der Waals surface area contributed by atoms with Gasteiger partial charge in [-0.25, -0.2) is 0 Å². The van der Waals surface area contributed by atoms with Crippen molar-refractivity contribution >= 4 is 29.9 Å². The molecule has 0 saturated carbocycles. The molecule has 2 aliphatic rings. The lowest BCUT2D eigenvalue weighted by atomic mass is 10.0. The van der Waals surface area contributed by atoms with E-state index in [0.29, 0.717) is 31.8 Å². The third-order valence-electron chi connectivity index (χ3n) is 3.82. The number of piperidine rings is 1. The molecule has 2 aliphatic heterocycles. The van der Waals surface area contributed by atoms with E-state index >= 15 is 0 Å². The molecule has 118 valence electrons. The third-order valence-corrected chi connectivity index (χ3v) is 3.82. The number of nitrogens with zero attached hydrogens (tertiary/aromatic N) is 2. The van der Waals surface area contributed by atoms with Gasteiger partial charge in [0.15, 0.2) is 5.96 Å². The first kappa shape index (κ1) is 18.0. The van der Waals surface area contributed by atoms with Gasteiger partial charge in [0.25, 0.3) is 0 Å². The summed E-state index contributed by atoms with van der Waals surface area (Å²) in [7, 11) is 0. The second-order valence-corrected chi connectivity index (χ2v) is 5.64. The quantitative estimate of drug-likeness (QED) is 0.333. The zero-order valence-corrected chi connectivity index (χ0v) is 14.8. The number of hydrogen-bond donors (Lipinski definition) is 1. The van der Waals surface area contributed by atoms with E-state index in [0.717, 1.165) is 38.5 Å². The van der Waals surface area contributed by atoms with Crippen LogP contribution in [0.1, 0.15) is 32.6 Å². The smallest absolute Gasteiger partial charge is 0.191 e. The van der Waals surface area contributed by atoms with Gasteiger partial charge in [0.2, 0.25) is 0 Å². The molecule has 2 unspecified atom stereocenters. The van der Waals surface area contributed by atoms with Crippen LogP contribution in [-0.4, -0.2) is 56.4 Å². The Morgan fingerprint density at radius 1 is 1.40 bits per heavy atom. The minimum atomic E-state index is 0. The van der Waals surface area contributed by atoms with Crippen molar-refractivity contribution in [3.63, 3.8) is 0 Å². The van der Waals surface area contributed by atoms with E-state index < -0.39 is 0 Å². The molecule has 2 fully saturated rings. The molecule has 0 aromatic carbocycles. The van der Waals surface area contributed by atoms with Gasteiger partial charge in [-0.2, -0.15) is 0 Å². The Hall–Kier alpha value is -0.0800. The number of aliphatic imine (C=N–C) groups is 1. The summed E-state index contributed by atoms with van der Waals surface area (Å²) in [4.78, 5) is 6.59. The van der Waals surface area contributed by atoms with Crippen LogP contribution in [0.25, 0.3) is 0 Å². The van der Waals surface area contributed by atoms with Gasteiger partial charge >= 0.3 is 0 Å². The molecular weight excluding hydrogens is 369 g/mol. The van der Waals surface area contributed by atoms with Crippen LogP contribution in [0.2, 0.25) is 0 Å². The van der Waals surface area contributed by atoms with Crippen LogP contribution < -0.4 is 5.73 Å². The Bertz CT molecular complexity index is 296. The van der Waals surface area contributed by atoms with Gasteiger partial charge in [0.1, 0.15) is 0 Å². The standard InChI is InChI=1S/C14H27N3O2.HI/c1-12-4-2-7-17(10-12)14(15)16-6-9-18-11-13-5-3-8-19-13;/h12-13H,2-11H2,1H3,(H2,15,16);1H. The van der Waals surface area contributed by atoms with Gasteiger partial charge < -0.3 is 20.1 Å². The fourth-order valence-electron chi connectivity index (χ4n) is 2.71. The van der Waals surface area contributed by atoms with Crippen molar-refractivity contribution in [2.75, 3.05) is 39.5 Å². The van der Waals surface area contributed by atoms with E-state index in [2.05, 4.69) is 16.8 Å². The highest BCUT2D eigenvalue weighted by Gasteiger charge is 2.17. The zero-order valence-electron chi connectivity index (χ0n) is 12.4. The fraction of sp³-hybridized carbons (Fsp3) is 0.929. The van der Waals surface area contributed by atoms with Crippen LogP contribution in [0.15, 0.2) is 4.99 Å². The van der Waals surface area contributed by atoms with Crippen LogP contribution in [0.3, 0.4) is 0 Å². The van der Waals surface area contributed by atoms with Crippen molar-refractivity contribution in [1.29, 1.82) is 0 Å². The van der Waals surface area contributed by atoms with Crippen molar-refractivity contribution in [2.45, 2.75) is 38.7 Å². The highest BCUT2D eigenvalue weighted by atomic mass is 127. The predicted molar refractivity (Wildman–Crippen MR) is 91.7 cm³/mol. The second-order valence-electron chi connectivity index (χ2n) is 5.64. The SMILES string of the molecule is CC1CCCN(C(N)=NCCOCC2CCCO2)C1.I. The average Bonchev–Trinajstić information content (AvgIpc) is 2.91. The second kappa shape index (κ2) is 9.78. The van der Waals surface area contributed by atoms with Gasteiger partial charge in [-0.05, 0) is 31.6 Å². The number of guanidine groups is 1. The van der Waals surface area contributed by atoms with Crippen LogP contribution in [0, 0.1) is 5.92 Å². The minimum Gasteiger partial charge on any atom is -0.377 e. The van der Waals surface area contributed by atoms with E-state index in [1.165, 1.54) is 12.8 Å². The molecule has 2 N–H and O–H groups in total. The Kier molecular flexibility index (Phi) is 8.79. The molecule has 2 rings (SSSR count). The Balaban J connectivity index is 0.00000200. The molecule has 2 atom stereocenters. The summed E-state index contributed by atoms with van der Waals surface area (Å²) in [5, 5.41) is 0. The fourth-order valence-corrected chi connectivity index (χ4v) is 2.71. The maximum Gasteiger partial charge on any atom is 0.191 e. The first-order valence-corrected chi connectivity index (χ1v) is 7.50. The molecule has 0 aromatic rings. The van der Waals surface area contributed by atoms with Crippen LogP contribution >= 0.6 is 24.0 Å². The van der Waals surface area contributed by atoms with E-state index in [9.17, 15) is 0 Å². The minimum absolute atomic E-state index is 0. The summed E-state index contributed by atoms with van der Waals surface area (Å²) < 4.78 is 11.1. The van der Waals surface area contributed by atoms with Crippen molar-refractivity contribution in [1.82, 2.24) is 4.90 Å². The molecule has 0 aliphatic carbocycles. The van der Waals surface area contributed by atoms with E-state index in [1.807, 2.05) is 0 Å². The van der Waals surface area contributed by atoms with Crippen LogP contribution in [0.5, 0.6) is 0 Å². The van der Waals surface area contributed by atoms with Crippen molar-refractivity contribution in [2.24, 2.45) is 16.6 Å². The summed E-state index contributed by atoms with van der Waals surface area (Å²) in [5.41, 5.74) is 6.01. The molecule has 5 nitrogen and oxygen atoms in total. The van der Waals surface area contributed by atoms with Crippen molar-refractivity contribution < 1.29 is 9.47 Å². The number of likely N-dealkylation sites (tertiary alicyclic amines) is 1. The lowest BCUT2D eigenvalue weighted by Crippen LogP contribution is -2.43. The maximum absolute atomic E-state index is 6.01. The Labute approximate surface area is 139 Å². The van der Waals surface area contributed by atoms with Gasteiger partial charge in [-0.15, -0.1) is 24.0 Å². The van der Waals surface area contributed by atoms with E-state index in [-0.39, 0.29) is 24.0 Å². The molecule has 2 heterocycles. The topological polar surface area (TPSA) is 60.1 Å². The largest absolute Gasteiger partial charge is 0.377 e. The maximum atomic E-state index is 6.01. The van der Waals surface area contributed by atoms with Crippen molar-refractivity contribution in [3.05, 3.63) is 0 Å². The molecule has 0 aromatic heterocycles. The number of halogens is 1. The highest BCUT2D eigenvalue weighted by molar-refractivity contribution is 14.0. The summed E-state index contributed by atoms with van der Waals surface area (Å²) in [6.45, 7) is 7.18. The highest BCUT2D eigenvalue weighted by Crippen LogP contribution is 2.15. The molecule has 2 saturated heterocycles. The molecule has 0 bridgehead atoms. The number of hydrogen-bond acceptors (Lipinski definition) is 3. The number of nitrogens with two attached hydrogens (primary N) is 1. The first-order chi connectivity index (χ1) is 9.25. The summed E-state index contributed by atoms with van der Waals surface area (Å²) in [6, 6.07) is 0. The molecular formula is C14H28IN3O2. The van der Waals surface area contributed by atoms with E-state index in [4.69, 9.17) is 15.2 Å². The number of rotatable bonds is 5. The van der Waals surface area contributed by atoms with Crippen molar-refractivity contribution in [3.8, 4) is 0 Å². The summed E-state index contributed by atoms with van der Waals surface area (Å²) in [5.74, 6) is 1.39. The Morgan fingerprint density at radius 3 is 2.95 bits per heavy atom. The van der Waals surface area contributed by atoms with Crippen LogP contribution in [-0.2, 0) is 9.47 Å². The normalized spacial score (nSPS) is 27.4. The number of ether oxygens (including phenoxy) is 2. The zero-order chi connectivity index (χ0) is 13.5. The summed E-state index contributed by atoms with van der Waals surface area (Å²) >= 11 is 0. The van der Waals surface area contributed by atoms with Crippen LogP contribution in [0.4, 0.5) is 0 Å². The summed E-state index contributed by atoms with van der Waals surface area (Å²) in [6.07, 6.45) is 5.09. The first-order valence-electron chi connectivity index (χ1n) is 7.50. The predicted octanol–water partition coefficient (Wildman–Crippen LogP) is 1.85. The van der Waals surface area contributed by atoms with E-state index in [1.54, 1.807) is 0 Å². The monoisotopic (exact) mass is 397 g/mol. The molecule has 0 spiro atoms. The Morgan fingerprint density at radius 2 is 2.25 bits per heavy atom. The average molecular weight is 397 g/mol. The third kappa shape index (κ3) is 6.13. The van der Waals surface area contributed by atoms with Gasteiger partial charge in [-0.1, -0.05) is 6.92 Å². The molecule has 0 amide bonds. The van der Waals surface area contributed by atoms with Gasteiger partial charge in [-0.3, -0.25) is 4.99 Å². The molecule has 6 heteroatoms. The van der Waals surface area contributed by atoms with Gasteiger partial charge in [0.05, 0.1) is 25.9 Å². The lowest BCUT2D eigenvalue weighted by molar-refractivity contribution is 0.0199.